The molecular weight excluding hydrogens is 278 g/mol. The molecule has 0 saturated heterocycles. The van der Waals surface area contributed by atoms with Gasteiger partial charge in [0.2, 0.25) is 5.13 Å². The van der Waals surface area contributed by atoms with Crippen LogP contribution in [-0.4, -0.2) is 31.0 Å². The summed E-state index contributed by atoms with van der Waals surface area (Å²) in [7, 11) is 1.83. The first-order chi connectivity index (χ1) is 9.60. The number of rotatable bonds is 5. The summed E-state index contributed by atoms with van der Waals surface area (Å²) in [5.41, 5.74) is 0. The first-order valence-corrected chi connectivity index (χ1v) is 7.15. The lowest BCUT2D eigenvalue weighted by Gasteiger charge is -2.12. The van der Waals surface area contributed by atoms with Gasteiger partial charge in [0, 0.05) is 13.5 Å². The number of aromatic nitrogens is 5. The van der Waals surface area contributed by atoms with E-state index in [2.05, 4.69) is 38.0 Å². The van der Waals surface area contributed by atoms with Crippen LogP contribution in [0.3, 0.4) is 0 Å². The van der Waals surface area contributed by atoms with Crippen molar-refractivity contribution < 1.29 is 4.79 Å². The molecular formula is C11H17N7OS. The van der Waals surface area contributed by atoms with Crippen molar-refractivity contribution in [1.82, 2.24) is 30.3 Å². The highest BCUT2D eigenvalue weighted by Crippen LogP contribution is 2.16. The molecule has 2 rings (SSSR count). The van der Waals surface area contributed by atoms with Crippen LogP contribution in [0.1, 0.15) is 37.1 Å². The van der Waals surface area contributed by atoms with Crippen LogP contribution in [0.25, 0.3) is 0 Å². The largest absolute Gasteiger partial charge is 0.328 e. The Morgan fingerprint density at radius 3 is 2.90 bits per heavy atom. The van der Waals surface area contributed by atoms with E-state index in [1.165, 1.54) is 11.3 Å². The molecule has 9 heteroatoms. The van der Waals surface area contributed by atoms with Crippen molar-refractivity contribution in [3.05, 3.63) is 17.2 Å². The normalized spacial score (nSPS) is 12.2. The average Bonchev–Trinajstić information content (AvgIpc) is 2.99. The Morgan fingerprint density at radius 2 is 2.25 bits per heavy atom. The Labute approximate surface area is 120 Å². The van der Waals surface area contributed by atoms with E-state index < -0.39 is 0 Å². The van der Waals surface area contributed by atoms with Crippen LogP contribution in [-0.2, 0) is 13.5 Å². The van der Waals surface area contributed by atoms with Gasteiger partial charge >= 0.3 is 6.03 Å². The van der Waals surface area contributed by atoms with Gasteiger partial charge in [0.25, 0.3) is 0 Å². The predicted molar refractivity (Wildman–Crippen MR) is 75.5 cm³/mol. The van der Waals surface area contributed by atoms with E-state index in [1.54, 1.807) is 10.9 Å². The lowest BCUT2D eigenvalue weighted by molar-refractivity contribution is 0.248. The monoisotopic (exact) mass is 295 g/mol. The topological polar surface area (TPSA) is 97.6 Å². The maximum atomic E-state index is 11.9. The van der Waals surface area contributed by atoms with E-state index in [1.807, 2.05) is 14.0 Å². The van der Waals surface area contributed by atoms with Crippen molar-refractivity contribution in [3.63, 3.8) is 0 Å². The summed E-state index contributed by atoms with van der Waals surface area (Å²) in [4.78, 5) is 11.9. The second kappa shape index (κ2) is 6.42. The fourth-order valence-electron chi connectivity index (χ4n) is 1.70. The minimum absolute atomic E-state index is 0.245. The second-order valence-electron chi connectivity index (χ2n) is 4.37. The molecule has 1 atom stereocenters. The summed E-state index contributed by atoms with van der Waals surface area (Å²) in [5, 5.41) is 22.5. The standard InChI is InChI=1S/C11H17N7OS/c1-4-5-8-15-17-11(20-8)14-10(19)13-7(2)9-16-12-6-18(9)3/h6-7H,4-5H2,1-3H3,(H2,13,14,17,19). The molecule has 0 saturated carbocycles. The van der Waals surface area contributed by atoms with Gasteiger partial charge in [-0.1, -0.05) is 18.3 Å². The lowest BCUT2D eigenvalue weighted by atomic mass is 10.3. The molecule has 0 bridgehead atoms. The Bertz CT molecular complexity index is 579. The van der Waals surface area contributed by atoms with Crippen LogP contribution < -0.4 is 10.6 Å². The fourth-order valence-corrected chi connectivity index (χ4v) is 2.53. The molecule has 2 amide bonds. The van der Waals surface area contributed by atoms with E-state index in [0.717, 1.165) is 17.8 Å². The second-order valence-corrected chi connectivity index (χ2v) is 5.43. The van der Waals surface area contributed by atoms with Gasteiger partial charge in [-0.3, -0.25) is 5.32 Å². The molecule has 0 aromatic carbocycles. The minimum Gasteiger partial charge on any atom is -0.328 e. The zero-order chi connectivity index (χ0) is 14.5. The quantitative estimate of drug-likeness (QED) is 0.871. The highest BCUT2D eigenvalue weighted by molar-refractivity contribution is 7.15. The Hall–Kier alpha value is -2.03. The molecule has 2 aromatic rings. The number of anilines is 1. The smallest absolute Gasteiger partial charge is 0.321 e. The highest BCUT2D eigenvalue weighted by atomic mass is 32.1. The molecule has 0 radical (unpaired) electrons. The van der Waals surface area contributed by atoms with Crippen molar-refractivity contribution in [2.75, 3.05) is 5.32 Å². The van der Waals surface area contributed by atoms with Crippen molar-refractivity contribution in [1.29, 1.82) is 0 Å². The van der Waals surface area contributed by atoms with Gasteiger partial charge in [-0.25, -0.2) is 4.79 Å². The maximum Gasteiger partial charge on any atom is 0.321 e. The zero-order valence-electron chi connectivity index (χ0n) is 11.6. The molecule has 0 aliphatic heterocycles. The molecule has 2 heterocycles. The van der Waals surface area contributed by atoms with E-state index in [0.29, 0.717) is 11.0 Å². The summed E-state index contributed by atoms with van der Waals surface area (Å²) in [5.74, 6) is 0.684. The van der Waals surface area contributed by atoms with E-state index in [4.69, 9.17) is 0 Å². The van der Waals surface area contributed by atoms with Crippen LogP contribution in [0.15, 0.2) is 6.33 Å². The predicted octanol–water partition coefficient (Wildman–Crippen LogP) is 1.50. The molecule has 2 aromatic heterocycles. The van der Waals surface area contributed by atoms with Gasteiger partial charge in [-0.05, 0) is 13.3 Å². The number of nitrogens with zero attached hydrogens (tertiary/aromatic N) is 5. The highest BCUT2D eigenvalue weighted by Gasteiger charge is 2.15. The first-order valence-electron chi connectivity index (χ1n) is 6.34. The Balaban J connectivity index is 1.90. The van der Waals surface area contributed by atoms with Gasteiger partial charge in [-0.15, -0.1) is 20.4 Å². The van der Waals surface area contributed by atoms with Gasteiger partial charge in [0.1, 0.15) is 11.3 Å². The van der Waals surface area contributed by atoms with Crippen LogP contribution in [0, 0.1) is 0 Å². The molecule has 0 aliphatic carbocycles. The van der Waals surface area contributed by atoms with Gasteiger partial charge < -0.3 is 9.88 Å². The number of carbonyl (C=O) groups excluding carboxylic acids is 1. The average molecular weight is 295 g/mol. The van der Waals surface area contributed by atoms with Crippen molar-refractivity contribution in [3.8, 4) is 0 Å². The van der Waals surface area contributed by atoms with E-state index in [-0.39, 0.29) is 12.1 Å². The van der Waals surface area contributed by atoms with Crippen LogP contribution in [0.2, 0.25) is 0 Å². The zero-order valence-corrected chi connectivity index (χ0v) is 12.4. The molecule has 20 heavy (non-hydrogen) atoms. The molecule has 0 spiro atoms. The molecule has 0 fully saturated rings. The Morgan fingerprint density at radius 1 is 1.45 bits per heavy atom. The van der Waals surface area contributed by atoms with Crippen LogP contribution in [0.5, 0.6) is 0 Å². The molecule has 1 unspecified atom stereocenters. The number of amides is 2. The van der Waals surface area contributed by atoms with Crippen LogP contribution in [0.4, 0.5) is 9.93 Å². The number of hydrogen-bond acceptors (Lipinski definition) is 6. The fraction of sp³-hybridized carbons (Fsp3) is 0.545. The van der Waals surface area contributed by atoms with E-state index >= 15 is 0 Å². The third-order valence-corrected chi connectivity index (χ3v) is 3.53. The molecule has 8 nitrogen and oxygen atoms in total. The first kappa shape index (κ1) is 14.4. The minimum atomic E-state index is -0.334. The Kier molecular flexibility index (Phi) is 4.61. The SMILES string of the molecule is CCCc1nnc(NC(=O)NC(C)c2nncn2C)s1. The molecule has 0 aliphatic rings. The number of aryl methyl sites for hydroxylation is 2. The summed E-state index contributed by atoms with van der Waals surface area (Å²) < 4.78 is 1.76. The van der Waals surface area contributed by atoms with Gasteiger partial charge in [0.15, 0.2) is 5.82 Å². The van der Waals surface area contributed by atoms with Crippen molar-refractivity contribution in [2.24, 2.45) is 7.05 Å². The number of hydrogen-bond donors (Lipinski definition) is 2. The summed E-state index contributed by atoms with van der Waals surface area (Å²) in [6.45, 7) is 3.91. The van der Waals surface area contributed by atoms with Gasteiger partial charge in [-0.2, -0.15) is 0 Å². The van der Waals surface area contributed by atoms with Gasteiger partial charge in [0.05, 0.1) is 6.04 Å². The summed E-state index contributed by atoms with van der Waals surface area (Å²) >= 11 is 1.39. The summed E-state index contributed by atoms with van der Waals surface area (Å²) in [6, 6.07) is -0.578. The molecule has 108 valence electrons. The third kappa shape index (κ3) is 3.50. The third-order valence-electron chi connectivity index (χ3n) is 2.63. The van der Waals surface area contributed by atoms with Crippen molar-refractivity contribution >= 4 is 22.5 Å². The lowest BCUT2D eigenvalue weighted by Crippen LogP contribution is -2.32. The maximum absolute atomic E-state index is 11.9. The van der Waals surface area contributed by atoms with Crippen LogP contribution >= 0.6 is 11.3 Å². The molecule has 2 N–H and O–H groups in total. The number of nitrogens with one attached hydrogen (secondary N) is 2. The number of carbonyl (C=O) groups is 1. The summed E-state index contributed by atoms with van der Waals surface area (Å²) in [6.07, 6.45) is 3.47. The van der Waals surface area contributed by atoms with Crippen molar-refractivity contribution in [2.45, 2.75) is 32.7 Å². The van der Waals surface area contributed by atoms with E-state index in [9.17, 15) is 4.79 Å². The number of urea groups is 1.